The fourth-order valence-corrected chi connectivity index (χ4v) is 1.70. The zero-order valence-electron chi connectivity index (χ0n) is 12.2. The summed E-state index contributed by atoms with van der Waals surface area (Å²) in [5.41, 5.74) is 6.58. The van der Waals surface area contributed by atoms with Gasteiger partial charge in [0.2, 0.25) is 0 Å². The van der Waals surface area contributed by atoms with Gasteiger partial charge >= 0.3 is 5.97 Å². The molecule has 110 valence electrons. The Morgan fingerprint density at radius 2 is 1.95 bits per heavy atom. The van der Waals surface area contributed by atoms with Gasteiger partial charge in [-0.15, -0.1) is 0 Å². The van der Waals surface area contributed by atoms with Crippen molar-refractivity contribution in [2.45, 2.75) is 19.9 Å². The molecule has 0 aliphatic heterocycles. The molecule has 1 rings (SSSR count). The van der Waals surface area contributed by atoms with Crippen LogP contribution in [0.15, 0.2) is 18.2 Å². The van der Waals surface area contributed by atoms with E-state index in [-0.39, 0.29) is 18.5 Å². The van der Waals surface area contributed by atoms with E-state index in [4.69, 9.17) is 10.5 Å². The molecule has 2 N–H and O–H groups in total. The number of anilines is 1. The van der Waals surface area contributed by atoms with Gasteiger partial charge in [-0.25, -0.2) is 0 Å². The van der Waals surface area contributed by atoms with Crippen LogP contribution in [0.5, 0.6) is 5.75 Å². The summed E-state index contributed by atoms with van der Waals surface area (Å²) in [7, 11) is 2.77. The molecule has 0 heterocycles. The van der Waals surface area contributed by atoms with E-state index < -0.39 is 5.97 Å². The first kappa shape index (κ1) is 15.8. The molecular weight excluding hydrogens is 260 g/mol. The third kappa shape index (κ3) is 3.63. The molecule has 0 spiro atoms. The van der Waals surface area contributed by atoms with E-state index in [1.54, 1.807) is 18.2 Å². The number of hydrogen-bond acceptors (Lipinski definition) is 5. The Bertz CT molecular complexity index is 500. The molecule has 0 fully saturated rings. The molecule has 0 aliphatic rings. The summed E-state index contributed by atoms with van der Waals surface area (Å²) in [4.78, 5) is 25.2. The molecule has 6 heteroatoms. The Balaban J connectivity index is 3.03. The highest BCUT2D eigenvalue weighted by atomic mass is 16.5. The van der Waals surface area contributed by atoms with Crippen molar-refractivity contribution in [3.63, 3.8) is 0 Å². The first-order valence-corrected chi connectivity index (χ1v) is 6.22. The number of nitrogens with zero attached hydrogens (tertiary/aromatic N) is 1. The quantitative estimate of drug-likeness (QED) is 0.649. The van der Waals surface area contributed by atoms with Crippen molar-refractivity contribution < 1.29 is 19.1 Å². The minimum absolute atomic E-state index is 0.0975. The van der Waals surface area contributed by atoms with Crippen LogP contribution in [0.3, 0.4) is 0 Å². The predicted octanol–water partition coefficient (Wildman–Crippen LogP) is 1.30. The SMILES string of the molecule is COC(=O)CN(C(=O)c1ccc(N)c(OC)c1)C(C)C. The van der Waals surface area contributed by atoms with Gasteiger partial charge in [0.1, 0.15) is 12.3 Å². The van der Waals surface area contributed by atoms with Crippen LogP contribution in [0.4, 0.5) is 5.69 Å². The lowest BCUT2D eigenvalue weighted by Gasteiger charge is -2.25. The van der Waals surface area contributed by atoms with Gasteiger partial charge in [0.25, 0.3) is 5.91 Å². The van der Waals surface area contributed by atoms with Crippen LogP contribution in [0.25, 0.3) is 0 Å². The number of methoxy groups -OCH3 is 2. The Hall–Kier alpha value is -2.24. The maximum absolute atomic E-state index is 12.4. The van der Waals surface area contributed by atoms with E-state index in [1.807, 2.05) is 13.8 Å². The average molecular weight is 280 g/mol. The molecule has 0 aliphatic carbocycles. The fourth-order valence-electron chi connectivity index (χ4n) is 1.70. The van der Waals surface area contributed by atoms with Crippen LogP contribution in [0.2, 0.25) is 0 Å². The average Bonchev–Trinajstić information content (AvgIpc) is 2.43. The van der Waals surface area contributed by atoms with Gasteiger partial charge in [-0.05, 0) is 32.0 Å². The minimum Gasteiger partial charge on any atom is -0.495 e. The summed E-state index contributed by atoms with van der Waals surface area (Å²) in [6.45, 7) is 3.56. The lowest BCUT2D eigenvalue weighted by Crippen LogP contribution is -2.41. The third-order valence-corrected chi connectivity index (χ3v) is 2.89. The Morgan fingerprint density at radius 3 is 2.45 bits per heavy atom. The van der Waals surface area contributed by atoms with E-state index >= 15 is 0 Å². The summed E-state index contributed by atoms with van der Waals surface area (Å²) in [6, 6.07) is 4.63. The monoisotopic (exact) mass is 280 g/mol. The van der Waals surface area contributed by atoms with E-state index in [9.17, 15) is 9.59 Å². The van der Waals surface area contributed by atoms with Gasteiger partial charge in [-0.2, -0.15) is 0 Å². The molecule has 1 aromatic rings. The van der Waals surface area contributed by atoms with Crippen molar-refractivity contribution in [1.82, 2.24) is 4.90 Å². The number of esters is 1. The molecule has 0 atom stereocenters. The van der Waals surface area contributed by atoms with Crippen LogP contribution in [-0.4, -0.2) is 43.6 Å². The van der Waals surface area contributed by atoms with E-state index in [0.29, 0.717) is 17.0 Å². The first-order valence-electron chi connectivity index (χ1n) is 6.22. The number of nitrogen functional groups attached to an aromatic ring is 1. The summed E-state index contributed by atoms with van der Waals surface area (Å²) in [5.74, 6) is -0.309. The summed E-state index contributed by atoms with van der Waals surface area (Å²) in [5, 5.41) is 0. The van der Waals surface area contributed by atoms with Crippen molar-refractivity contribution in [3.05, 3.63) is 23.8 Å². The zero-order valence-corrected chi connectivity index (χ0v) is 12.2. The largest absolute Gasteiger partial charge is 0.495 e. The third-order valence-electron chi connectivity index (χ3n) is 2.89. The number of amides is 1. The summed E-state index contributed by atoms with van der Waals surface area (Å²) in [6.07, 6.45) is 0. The molecule has 0 radical (unpaired) electrons. The summed E-state index contributed by atoms with van der Waals surface area (Å²) >= 11 is 0. The van der Waals surface area contributed by atoms with Crippen LogP contribution >= 0.6 is 0 Å². The number of nitrogens with two attached hydrogens (primary N) is 1. The lowest BCUT2D eigenvalue weighted by atomic mass is 10.1. The topological polar surface area (TPSA) is 81.9 Å². The molecule has 6 nitrogen and oxygen atoms in total. The molecule has 20 heavy (non-hydrogen) atoms. The van der Waals surface area contributed by atoms with Crippen molar-refractivity contribution in [2.75, 3.05) is 26.5 Å². The lowest BCUT2D eigenvalue weighted by molar-refractivity contribution is -0.141. The molecule has 0 aromatic heterocycles. The Kier molecular flexibility index (Phi) is 5.37. The van der Waals surface area contributed by atoms with E-state index in [1.165, 1.54) is 19.1 Å². The highest BCUT2D eigenvalue weighted by Gasteiger charge is 2.22. The van der Waals surface area contributed by atoms with E-state index in [2.05, 4.69) is 4.74 Å². The number of benzene rings is 1. The Labute approximate surface area is 118 Å². The van der Waals surface area contributed by atoms with Gasteiger partial charge in [0.05, 0.1) is 19.9 Å². The number of hydrogen-bond donors (Lipinski definition) is 1. The molecule has 1 aromatic carbocycles. The molecule has 0 unspecified atom stereocenters. The zero-order chi connectivity index (χ0) is 15.3. The second-order valence-corrected chi connectivity index (χ2v) is 4.56. The number of ether oxygens (including phenoxy) is 2. The van der Waals surface area contributed by atoms with Crippen LogP contribution < -0.4 is 10.5 Å². The summed E-state index contributed by atoms with van der Waals surface area (Å²) < 4.78 is 9.69. The predicted molar refractivity (Wildman–Crippen MR) is 75.6 cm³/mol. The highest BCUT2D eigenvalue weighted by Crippen LogP contribution is 2.23. The maximum atomic E-state index is 12.4. The smallest absolute Gasteiger partial charge is 0.325 e. The molecule has 1 amide bonds. The van der Waals surface area contributed by atoms with Crippen LogP contribution in [0, 0.1) is 0 Å². The van der Waals surface area contributed by atoms with Crippen molar-refractivity contribution in [3.8, 4) is 5.75 Å². The van der Waals surface area contributed by atoms with Crippen molar-refractivity contribution in [1.29, 1.82) is 0 Å². The second-order valence-electron chi connectivity index (χ2n) is 4.56. The van der Waals surface area contributed by atoms with Gasteiger partial charge in [0, 0.05) is 11.6 Å². The fraction of sp³-hybridized carbons (Fsp3) is 0.429. The standard InChI is InChI=1S/C14H20N2O4/c1-9(2)16(8-13(17)20-4)14(18)10-5-6-11(15)12(7-10)19-3/h5-7,9H,8,15H2,1-4H3. The second kappa shape index (κ2) is 6.79. The number of rotatable bonds is 5. The van der Waals surface area contributed by atoms with Crippen LogP contribution in [-0.2, 0) is 9.53 Å². The maximum Gasteiger partial charge on any atom is 0.325 e. The Morgan fingerprint density at radius 1 is 1.30 bits per heavy atom. The molecule has 0 saturated carbocycles. The number of carbonyl (C=O) groups is 2. The van der Waals surface area contributed by atoms with Gasteiger partial charge in [0.15, 0.2) is 0 Å². The van der Waals surface area contributed by atoms with E-state index in [0.717, 1.165) is 0 Å². The van der Waals surface area contributed by atoms with Gasteiger partial charge in [-0.1, -0.05) is 0 Å². The van der Waals surface area contributed by atoms with Crippen LogP contribution in [0.1, 0.15) is 24.2 Å². The highest BCUT2D eigenvalue weighted by molar-refractivity contribution is 5.97. The van der Waals surface area contributed by atoms with Crippen molar-refractivity contribution in [2.24, 2.45) is 0 Å². The van der Waals surface area contributed by atoms with Gasteiger partial charge < -0.3 is 20.1 Å². The first-order chi connectivity index (χ1) is 9.40. The van der Waals surface area contributed by atoms with Gasteiger partial charge in [-0.3, -0.25) is 9.59 Å². The normalized spacial score (nSPS) is 10.2. The number of carbonyl (C=O) groups excluding carboxylic acids is 2. The minimum atomic E-state index is -0.463. The molecule has 0 saturated heterocycles. The molecular formula is C14H20N2O4. The van der Waals surface area contributed by atoms with Crippen molar-refractivity contribution >= 4 is 17.6 Å². The molecule has 0 bridgehead atoms.